The molecule has 25 heavy (non-hydrogen) atoms. The van der Waals surface area contributed by atoms with Crippen molar-refractivity contribution in [1.29, 1.82) is 0 Å². The molecule has 5 rings (SSSR count). The van der Waals surface area contributed by atoms with Crippen LogP contribution in [0.3, 0.4) is 0 Å². The number of fused-ring (bicyclic) bond motifs is 4. The number of anilines is 3. The maximum Gasteiger partial charge on any atom is 0.0516 e. The number of aryl methyl sites for hydroxylation is 1. The Morgan fingerprint density at radius 1 is 0.880 bits per heavy atom. The fourth-order valence-electron chi connectivity index (χ4n) is 4.75. The van der Waals surface area contributed by atoms with Crippen LogP contribution in [0.1, 0.15) is 25.8 Å². The predicted octanol–water partition coefficient (Wildman–Crippen LogP) is 4.32. The summed E-state index contributed by atoms with van der Waals surface area (Å²) in [5.41, 5.74) is 11.0. The average molecular weight is 335 g/mol. The van der Waals surface area contributed by atoms with E-state index in [0.29, 0.717) is 17.4 Å². The Bertz CT molecular complexity index is 731. The number of rotatable bonds is 2. The zero-order valence-electron chi connectivity index (χ0n) is 15.6. The molecule has 3 nitrogen and oxygen atoms in total. The summed E-state index contributed by atoms with van der Waals surface area (Å²) in [5, 5.41) is 0. The number of nitrogens with two attached hydrogens (primary N) is 1. The Labute approximate surface area is 151 Å². The van der Waals surface area contributed by atoms with Gasteiger partial charge in [-0.05, 0) is 61.1 Å². The van der Waals surface area contributed by atoms with Crippen molar-refractivity contribution < 1.29 is 0 Å². The van der Waals surface area contributed by atoms with Gasteiger partial charge in [0, 0.05) is 36.7 Å². The lowest BCUT2D eigenvalue weighted by Crippen LogP contribution is -2.53. The van der Waals surface area contributed by atoms with Crippen LogP contribution in [0, 0.1) is 18.3 Å². The van der Waals surface area contributed by atoms with Gasteiger partial charge in [-0.3, -0.25) is 0 Å². The summed E-state index contributed by atoms with van der Waals surface area (Å²) in [6, 6.07) is 17.9. The summed E-state index contributed by atoms with van der Waals surface area (Å²) in [6.45, 7) is 10.4. The van der Waals surface area contributed by atoms with Crippen LogP contribution in [0.4, 0.5) is 17.1 Å². The minimum absolute atomic E-state index is 0.316. The standard InChI is InChI=1S/C22H29N3/c1-16-4-8-20(9-5-16)25-14-17-12-22(2,3)21(25)15-24(13-17)19-10-6-18(23)7-11-19/h4-11,17,21H,12-15,23H2,1-3H3/t17-,21?/m1/s1. The molecule has 3 heterocycles. The van der Waals surface area contributed by atoms with Crippen LogP contribution < -0.4 is 15.5 Å². The summed E-state index contributed by atoms with van der Waals surface area (Å²) in [5.74, 6) is 0.688. The van der Waals surface area contributed by atoms with E-state index in [1.165, 1.54) is 23.4 Å². The van der Waals surface area contributed by atoms with Gasteiger partial charge in [-0.2, -0.15) is 0 Å². The van der Waals surface area contributed by atoms with Crippen LogP contribution in [0.2, 0.25) is 0 Å². The molecule has 3 fully saturated rings. The van der Waals surface area contributed by atoms with E-state index in [-0.39, 0.29) is 0 Å². The Morgan fingerprint density at radius 3 is 2.20 bits per heavy atom. The van der Waals surface area contributed by atoms with Crippen molar-refractivity contribution in [2.75, 3.05) is 35.2 Å². The largest absolute Gasteiger partial charge is 0.399 e. The van der Waals surface area contributed by atoms with Gasteiger partial charge in [-0.15, -0.1) is 0 Å². The summed E-state index contributed by atoms with van der Waals surface area (Å²) in [6.07, 6.45) is 1.30. The molecule has 3 heteroatoms. The van der Waals surface area contributed by atoms with Crippen LogP contribution >= 0.6 is 0 Å². The Kier molecular flexibility index (Phi) is 3.90. The lowest BCUT2D eigenvalue weighted by Gasteiger charge is -2.48. The molecule has 2 bridgehead atoms. The highest BCUT2D eigenvalue weighted by Gasteiger charge is 2.45. The number of nitrogen functional groups attached to an aromatic ring is 1. The molecule has 0 amide bonds. The smallest absolute Gasteiger partial charge is 0.0516 e. The molecule has 2 aromatic carbocycles. The van der Waals surface area contributed by atoms with Crippen LogP contribution in [0.25, 0.3) is 0 Å². The maximum atomic E-state index is 5.88. The molecular weight excluding hydrogens is 306 g/mol. The van der Waals surface area contributed by atoms with Gasteiger partial charge in [-0.25, -0.2) is 0 Å². The average Bonchev–Trinajstić information content (AvgIpc) is 2.83. The molecule has 2 atom stereocenters. The van der Waals surface area contributed by atoms with E-state index >= 15 is 0 Å². The number of nitrogens with zero attached hydrogens (tertiary/aromatic N) is 2. The zero-order chi connectivity index (χ0) is 17.6. The van der Waals surface area contributed by atoms with Crippen molar-refractivity contribution in [2.24, 2.45) is 11.3 Å². The second-order valence-electron chi connectivity index (χ2n) is 8.56. The molecule has 2 N–H and O–H groups in total. The van der Waals surface area contributed by atoms with Crippen molar-refractivity contribution in [1.82, 2.24) is 0 Å². The van der Waals surface area contributed by atoms with Crippen LogP contribution in [0.5, 0.6) is 0 Å². The first-order chi connectivity index (χ1) is 11.9. The highest BCUT2D eigenvalue weighted by Crippen LogP contribution is 2.44. The van der Waals surface area contributed by atoms with Crippen LogP contribution in [-0.4, -0.2) is 25.7 Å². The van der Waals surface area contributed by atoms with Crippen LogP contribution in [0.15, 0.2) is 48.5 Å². The SMILES string of the molecule is Cc1ccc(N2C[C@H]3CN(c4ccc(N)cc4)CC2C(C)(C)C3)cc1. The van der Waals surface area contributed by atoms with E-state index in [2.05, 4.69) is 67.0 Å². The molecule has 2 aromatic rings. The van der Waals surface area contributed by atoms with E-state index in [1.807, 2.05) is 12.1 Å². The van der Waals surface area contributed by atoms with Crippen molar-refractivity contribution in [2.45, 2.75) is 33.2 Å². The monoisotopic (exact) mass is 335 g/mol. The molecule has 0 saturated carbocycles. The molecular formula is C22H29N3. The Morgan fingerprint density at radius 2 is 1.52 bits per heavy atom. The fourth-order valence-corrected chi connectivity index (χ4v) is 4.75. The lowest BCUT2D eigenvalue weighted by molar-refractivity contribution is 0.192. The Balaban J connectivity index is 1.67. The van der Waals surface area contributed by atoms with Gasteiger partial charge < -0.3 is 15.5 Å². The zero-order valence-corrected chi connectivity index (χ0v) is 15.6. The summed E-state index contributed by atoms with van der Waals surface area (Å²) in [7, 11) is 0. The van der Waals surface area contributed by atoms with E-state index in [4.69, 9.17) is 5.73 Å². The van der Waals surface area contributed by atoms with Crippen molar-refractivity contribution in [3.8, 4) is 0 Å². The third-order valence-corrected chi connectivity index (χ3v) is 6.04. The van der Waals surface area contributed by atoms with E-state index in [9.17, 15) is 0 Å². The lowest BCUT2D eigenvalue weighted by atomic mass is 9.73. The summed E-state index contributed by atoms with van der Waals surface area (Å²) >= 11 is 0. The number of benzene rings is 2. The number of hydrogen-bond donors (Lipinski definition) is 1. The number of piperidine rings is 1. The quantitative estimate of drug-likeness (QED) is 0.830. The van der Waals surface area contributed by atoms with Gasteiger partial charge in [0.25, 0.3) is 0 Å². The second kappa shape index (κ2) is 5.98. The first-order valence-corrected chi connectivity index (χ1v) is 9.36. The highest BCUT2D eigenvalue weighted by atomic mass is 15.3. The fraction of sp³-hybridized carbons (Fsp3) is 0.455. The first kappa shape index (κ1) is 16.3. The third kappa shape index (κ3) is 3.08. The minimum Gasteiger partial charge on any atom is -0.399 e. The van der Waals surface area contributed by atoms with Gasteiger partial charge in [0.1, 0.15) is 0 Å². The van der Waals surface area contributed by atoms with Gasteiger partial charge in [0.2, 0.25) is 0 Å². The van der Waals surface area contributed by atoms with E-state index < -0.39 is 0 Å². The molecule has 3 aliphatic heterocycles. The molecule has 0 radical (unpaired) electrons. The van der Waals surface area contributed by atoms with E-state index in [1.54, 1.807) is 0 Å². The maximum absolute atomic E-state index is 5.88. The first-order valence-electron chi connectivity index (χ1n) is 9.36. The van der Waals surface area contributed by atoms with Crippen molar-refractivity contribution >= 4 is 17.1 Å². The molecule has 0 aromatic heterocycles. The van der Waals surface area contributed by atoms with Crippen molar-refractivity contribution in [3.05, 3.63) is 54.1 Å². The topological polar surface area (TPSA) is 32.5 Å². The van der Waals surface area contributed by atoms with Gasteiger partial charge >= 0.3 is 0 Å². The molecule has 0 spiro atoms. The van der Waals surface area contributed by atoms with Crippen molar-refractivity contribution in [3.63, 3.8) is 0 Å². The summed E-state index contributed by atoms with van der Waals surface area (Å²) < 4.78 is 0. The number of hydrogen-bond acceptors (Lipinski definition) is 3. The molecule has 1 unspecified atom stereocenters. The van der Waals surface area contributed by atoms with E-state index in [0.717, 1.165) is 25.3 Å². The van der Waals surface area contributed by atoms with Gasteiger partial charge in [-0.1, -0.05) is 31.5 Å². The normalized spacial score (nSPS) is 25.1. The third-order valence-electron chi connectivity index (χ3n) is 6.04. The summed E-state index contributed by atoms with van der Waals surface area (Å²) in [4.78, 5) is 5.22. The molecule has 0 aliphatic carbocycles. The highest BCUT2D eigenvalue weighted by molar-refractivity contribution is 5.56. The van der Waals surface area contributed by atoms with Gasteiger partial charge in [0.05, 0.1) is 6.04 Å². The Hall–Kier alpha value is -2.16. The second-order valence-corrected chi connectivity index (χ2v) is 8.56. The molecule has 3 aliphatic rings. The molecule has 3 saturated heterocycles. The van der Waals surface area contributed by atoms with Gasteiger partial charge in [0.15, 0.2) is 0 Å². The predicted molar refractivity (Wildman–Crippen MR) is 107 cm³/mol. The van der Waals surface area contributed by atoms with Crippen LogP contribution in [-0.2, 0) is 0 Å². The minimum atomic E-state index is 0.316. The molecule has 132 valence electrons.